The molecule has 1 aliphatic heterocycles. The SMILES string of the molecule is COc1ccc(OC)c(CC(=O)N2CCN(Cc3ccc(Br)s3)CC2)c1. The van der Waals surface area contributed by atoms with Crippen molar-refractivity contribution in [3.05, 3.63) is 44.6 Å². The summed E-state index contributed by atoms with van der Waals surface area (Å²) in [7, 11) is 3.25. The van der Waals surface area contributed by atoms with E-state index in [1.54, 1.807) is 25.6 Å². The fourth-order valence-corrected chi connectivity index (χ4v) is 4.63. The molecule has 2 heterocycles. The molecule has 0 aliphatic carbocycles. The van der Waals surface area contributed by atoms with Crippen molar-refractivity contribution < 1.29 is 14.3 Å². The first kappa shape index (κ1) is 19.2. The van der Waals surface area contributed by atoms with Crippen LogP contribution in [0.4, 0.5) is 0 Å². The van der Waals surface area contributed by atoms with E-state index in [4.69, 9.17) is 9.47 Å². The van der Waals surface area contributed by atoms with Crippen LogP contribution in [0.3, 0.4) is 0 Å². The number of hydrogen-bond donors (Lipinski definition) is 0. The average molecular weight is 439 g/mol. The van der Waals surface area contributed by atoms with Gasteiger partial charge < -0.3 is 14.4 Å². The van der Waals surface area contributed by atoms with Crippen LogP contribution in [0.5, 0.6) is 11.5 Å². The number of piperazine rings is 1. The highest BCUT2D eigenvalue weighted by Gasteiger charge is 2.22. The molecule has 0 saturated carbocycles. The van der Waals surface area contributed by atoms with Crippen molar-refractivity contribution in [3.8, 4) is 11.5 Å². The number of carbonyl (C=O) groups excluding carboxylic acids is 1. The molecule has 1 aromatic carbocycles. The molecular weight excluding hydrogens is 416 g/mol. The van der Waals surface area contributed by atoms with E-state index in [-0.39, 0.29) is 5.91 Å². The second-order valence-electron chi connectivity index (χ2n) is 6.22. The molecule has 0 radical (unpaired) electrons. The summed E-state index contributed by atoms with van der Waals surface area (Å²) >= 11 is 5.27. The van der Waals surface area contributed by atoms with Crippen LogP contribution < -0.4 is 9.47 Å². The van der Waals surface area contributed by atoms with Crippen LogP contribution in [0.1, 0.15) is 10.4 Å². The van der Waals surface area contributed by atoms with E-state index in [0.717, 1.165) is 53.6 Å². The Hall–Kier alpha value is -1.57. The summed E-state index contributed by atoms with van der Waals surface area (Å²) in [5.74, 6) is 1.59. The first-order chi connectivity index (χ1) is 12.6. The quantitative estimate of drug-likeness (QED) is 0.692. The molecular formula is C19H23BrN2O3S. The number of methoxy groups -OCH3 is 2. The van der Waals surface area contributed by atoms with E-state index in [2.05, 4.69) is 33.0 Å². The normalized spacial score (nSPS) is 15.1. The zero-order chi connectivity index (χ0) is 18.5. The first-order valence-electron chi connectivity index (χ1n) is 8.54. The summed E-state index contributed by atoms with van der Waals surface area (Å²) < 4.78 is 11.8. The van der Waals surface area contributed by atoms with Crippen molar-refractivity contribution in [1.82, 2.24) is 9.80 Å². The molecule has 26 heavy (non-hydrogen) atoms. The van der Waals surface area contributed by atoms with Gasteiger partial charge in [0, 0.05) is 43.2 Å². The summed E-state index contributed by atoms with van der Waals surface area (Å²) in [6.45, 7) is 4.27. The first-order valence-corrected chi connectivity index (χ1v) is 10.1. The third-order valence-electron chi connectivity index (χ3n) is 4.56. The molecule has 0 atom stereocenters. The van der Waals surface area contributed by atoms with Gasteiger partial charge in [-0.15, -0.1) is 11.3 Å². The molecule has 1 fully saturated rings. The minimum atomic E-state index is 0.134. The molecule has 3 rings (SSSR count). The molecule has 7 heteroatoms. The van der Waals surface area contributed by atoms with Crippen LogP contribution in [0.2, 0.25) is 0 Å². The summed E-state index contributed by atoms with van der Waals surface area (Å²) in [5.41, 5.74) is 0.864. The van der Waals surface area contributed by atoms with Gasteiger partial charge in [0.15, 0.2) is 0 Å². The highest BCUT2D eigenvalue weighted by Crippen LogP contribution is 2.26. The lowest BCUT2D eigenvalue weighted by Gasteiger charge is -2.34. The lowest BCUT2D eigenvalue weighted by atomic mass is 10.1. The molecule has 1 aliphatic rings. The van der Waals surface area contributed by atoms with Gasteiger partial charge in [-0.25, -0.2) is 0 Å². The van der Waals surface area contributed by atoms with Gasteiger partial charge >= 0.3 is 0 Å². The zero-order valence-corrected chi connectivity index (χ0v) is 17.4. The van der Waals surface area contributed by atoms with Crippen molar-refractivity contribution >= 4 is 33.2 Å². The summed E-state index contributed by atoms with van der Waals surface area (Å²) in [4.78, 5) is 18.4. The molecule has 2 aromatic rings. The standard InChI is InChI=1S/C19H23BrN2O3S/c1-24-15-3-5-17(25-2)14(11-15)12-19(23)22-9-7-21(8-10-22)13-16-4-6-18(20)26-16/h3-6,11H,7-10,12-13H2,1-2H3. The van der Waals surface area contributed by atoms with E-state index < -0.39 is 0 Å². The molecule has 1 saturated heterocycles. The number of halogens is 1. The van der Waals surface area contributed by atoms with E-state index in [1.165, 1.54) is 4.88 Å². The van der Waals surface area contributed by atoms with Gasteiger partial charge in [-0.05, 0) is 46.3 Å². The van der Waals surface area contributed by atoms with Crippen molar-refractivity contribution in [2.75, 3.05) is 40.4 Å². The second-order valence-corrected chi connectivity index (χ2v) is 8.76. The number of benzene rings is 1. The monoisotopic (exact) mass is 438 g/mol. The summed E-state index contributed by atoms with van der Waals surface area (Å²) in [5, 5.41) is 0. The molecule has 0 unspecified atom stereocenters. The molecule has 1 aromatic heterocycles. The van der Waals surface area contributed by atoms with Gasteiger partial charge in [0.2, 0.25) is 5.91 Å². The van der Waals surface area contributed by atoms with E-state index in [1.807, 2.05) is 23.1 Å². The number of rotatable bonds is 6. The molecule has 0 N–H and O–H groups in total. The van der Waals surface area contributed by atoms with Crippen LogP contribution in [0.25, 0.3) is 0 Å². The maximum Gasteiger partial charge on any atom is 0.227 e. The van der Waals surface area contributed by atoms with Gasteiger partial charge in [0.1, 0.15) is 11.5 Å². The minimum absolute atomic E-state index is 0.134. The fourth-order valence-electron chi connectivity index (χ4n) is 3.11. The Labute approximate surface area is 166 Å². The lowest BCUT2D eigenvalue weighted by Crippen LogP contribution is -2.48. The Kier molecular flexibility index (Phi) is 6.56. The maximum atomic E-state index is 12.7. The predicted octanol–water partition coefficient (Wildman–Crippen LogP) is 3.41. The molecule has 0 bridgehead atoms. The van der Waals surface area contributed by atoms with Crippen molar-refractivity contribution in [2.45, 2.75) is 13.0 Å². The Morgan fingerprint density at radius 2 is 1.88 bits per heavy atom. The average Bonchev–Trinajstić information content (AvgIpc) is 3.07. The zero-order valence-electron chi connectivity index (χ0n) is 15.0. The van der Waals surface area contributed by atoms with E-state index >= 15 is 0 Å². The Morgan fingerprint density at radius 1 is 1.12 bits per heavy atom. The highest BCUT2D eigenvalue weighted by molar-refractivity contribution is 9.11. The summed E-state index contributed by atoms with van der Waals surface area (Å²) in [6, 6.07) is 9.80. The molecule has 140 valence electrons. The van der Waals surface area contributed by atoms with Crippen LogP contribution in [-0.4, -0.2) is 56.1 Å². The fraction of sp³-hybridized carbons (Fsp3) is 0.421. The lowest BCUT2D eigenvalue weighted by molar-refractivity contribution is -0.132. The van der Waals surface area contributed by atoms with Gasteiger partial charge in [-0.2, -0.15) is 0 Å². The number of hydrogen-bond acceptors (Lipinski definition) is 5. The Bertz CT molecular complexity index is 757. The largest absolute Gasteiger partial charge is 0.497 e. The number of thiophene rings is 1. The Balaban J connectivity index is 1.55. The van der Waals surface area contributed by atoms with Crippen LogP contribution in [-0.2, 0) is 17.8 Å². The predicted molar refractivity (Wildman–Crippen MR) is 107 cm³/mol. The van der Waals surface area contributed by atoms with Gasteiger partial charge in [-0.1, -0.05) is 0 Å². The van der Waals surface area contributed by atoms with E-state index in [9.17, 15) is 4.79 Å². The topological polar surface area (TPSA) is 42.0 Å². The molecule has 1 amide bonds. The van der Waals surface area contributed by atoms with Crippen LogP contribution >= 0.6 is 27.3 Å². The smallest absolute Gasteiger partial charge is 0.227 e. The molecule has 0 spiro atoms. The van der Waals surface area contributed by atoms with Crippen molar-refractivity contribution in [3.63, 3.8) is 0 Å². The van der Waals surface area contributed by atoms with Crippen LogP contribution in [0.15, 0.2) is 34.1 Å². The number of nitrogens with zero attached hydrogens (tertiary/aromatic N) is 2. The minimum Gasteiger partial charge on any atom is -0.497 e. The van der Waals surface area contributed by atoms with Gasteiger partial charge in [0.25, 0.3) is 0 Å². The number of amides is 1. The van der Waals surface area contributed by atoms with Crippen molar-refractivity contribution in [1.29, 1.82) is 0 Å². The van der Waals surface area contributed by atoms with Crippen LogP contribution in [0, 0.1) is 0 Å². The Morgan fingerprint density at radius 3 is 2.50 bits per heavy atom. The molecule has 5 nitrogen and oxygen atoms in total. The second kappa shape index (κ2) is 8.88. The third-order valence-corrected chi connectivity index (χ3v) is 6.17. The maximum absolute atomic E-state index is 12.7. The number of carbonyl (C=O) groups is 1. The van der Waals surface area contributed by atoms with Crippen molar-refractivity contribution in [2.24, 2.45) is 0 Å². The highest BCUT2D eigenvalue weighted by atomic mass is 79.9. The number of ether oxygens (including phenoxy) is 2. The summed E-state index contributed by atoms with van der Waals surface area (Å²) in [6.07, 6.45) is 0.332. The van der Waals surface area contributed by atoms with Gasteiger partial charge in [0.05, 0.1) is 24.4 Å². The van der Waals surface area contributed by atoms with Gasteiger partial charge in [-0.3, -0.25) is 9.69 Å². The van der Waals surface area contributed by atoms with E-state index in [0.29, 0.717) is 6.42 Å². The third kappa shape index (κ3) is 4.78.